The van der Waals surface area contributed by atoms with Crippen molar-refractivity contribution in [2.24, 2.45) is 0 Å². The van der Waals surface area contributed by atoms with Crippen LogP contribution in [0.4, 0.5) is 4.79 Å². The summed E-state index contributed by atoms with van der Waals surface area (Å²) in [5.41, 5.74) is 0.671. The third kappa shape index (κ3) is 5.24. The number of ether oxygens (including phenoxy) is 1. The van der Waals surface area contributed by atoms with Crippen LogP contribution in [0.1, 0.15) is 65.0 Å². The van der Waals surface area contributed by atoms with Gasteiger partial charge in [-0.2, -0.15) is 0 Å². The minimum Gasteiger partial charge on any atom is -0.444 e. The second kappa shape index (κ2) is 7.35. The molecule has 0 saturated heterocycles. The minimum absolute atomic E-state index is 0.162. The van der Waals surface area contributed by atoms with Gasteiger partial charge in [0.2, 0.25) is 0 Å². The van der Waals surface area contributed by atoms with E-state index in [0.717, 1.165) is 32.2 Å². The van der Waals surface area contributed by atoms with Gasteiger partial charge >= 0.3 is 6.09 Å². The van der Waals surface area contributed by atoms with Crippen LogP contribution >= 0.6 is 0 Å². The first kappa shape index (κ1) is 17.8. The van der Waals surface area contributed by atoms with E-state index < -0.39 is 5.60 Å². The number of carbonyl (C=O) groups is 1. The first-order valence-electron chi connectivity index (χ1n) is 8.63. The van der Waals surface area contributed by atoms with Crippen molar-refractivity contribution in [3.05, 3.63) is 35.9 Å². The third-order valence-electron chi connectivity index (χ3n) is 4.37. The molecule has 128 valence electrons. The van der Waals surface area contributed by atoms with Gasteiger partial charge in [-0.3, -0.25) is 0 Å². The van der Waals surface area contributed by atoms with E-state index in [0.29, 0.717) is 6.04 Å². The largest absolute Gasteiger partial charge is 0.444 e. The molecule has 0 heterocycles. The maximum absolute atomic E-state index is 12.1. The Balaban J connectivity index is 1.92. The summed E-state index contributed by atoms with van der Waals surface area (Å²) in [6.07, 6.45) is 3.87. The van der Waals surface area contributed by atoms with Gasteiger partial charge in [0, 0.05) is 12.6 Å². The molecule has 1 aliphatic rings. The molecule has 0 aliphatic heterocycles. The number of carbonyl (C=O) groups excluding carboxylic acids is 1. The van der Waals surface area contributed by atoms with E-state index in [1.54, 1.807) is 0 Å². The van der Waals surface area contributed by atoms with Crippen LogP contribution in [0.2, 0.25) is 0 Å². The van der Waals surface area contributed by atoms with E-state index in [4.69, 9.17) is 4.74 Å². The highest BCUT2D eigenvalue weighted by Gasteiger charge is 2.39. The van der Waals surface area contributed by atoms with Crippen LogP contribution in [0.5, 0.6) is 0 Å². The molecule has 4 heteroatoms. The number of hydrogen-bond donors (Lipinski definition) is 2. The fraction of sp³-hybridized carbons (Fsp3) is 0.632. The zero-order valence-corrected chi connectivity index (χ0v) is 14.8. The molecule has 1 aromatic rings. The summed E-state index contributed by atoms with van der Waals surface area (Å²) < 4.78 is 5.41. The van der Waals surface area contributed by atoms with Crippen molar-refractivity contribution < 1.29 is 9.53 Å². The molecular formula is C19H30N2O2. The topological polar surface area (TPSA) is 50.4 Å². The lowest BCUT2D eigenvalue weighted by molar-refractivity contribution is 0.0378. The standard InChI is InChI=1S/C19H30N2O2/c1-5-16(15-10-7-6-8-11-15)20-14-19(12-9-13-19)21-17(22)23-18(2,3)4/h6-8,10-11,16,20H,5,9,12-14H2,1-4H3,(H,21,22). The Hall–Kier alpha value is -1.55. The minimum atomic E-state index is -0.460. The Labute approximate surface area is 140 Å². The second-order valence-corrected chi connectivity index (χ2v) is 7.51. The third-order valence-corrected chi connectivity index (χ3v) is 4.37. The zero-order valence-electron chi connectivity index (χ0n) is 14.8. The Morgan fingerprint density at radius 2 is 1.91 bits per heavy atom. The Morgan fingerprint density at radius 1 is 1.26 bits per heavy atom. The van der Waals surface area contributed by atoms with Crippen LogP contribution in [0, 0.1) is 0 Å². The van der Waals surface area contributed by atoms with Gasteiger partial charge in [-0.25, -0.2) is 4.79 Å². The lowest BCUT2D eigenvalue weighted by Crippen LogP contribution is -2.60. The zero-order chi connectivity index (χ0) is 16.9. The average molecular weight is 318 g/mol. The van der Waals surface area contributed by atoms with E-state index in [1.165, 1.54) is 5.56 Å². The van der Waals surface area contributed by atoms with Gasteiger partial charge < -0.3 is 15.4 Å². The Bertz CT molecular complexity index is 504. The lowest BCUT2D eigenvalue weighted by atomic mass is 9.76. The summed E-state index contributed by atoms with van der Waals surface area (Å²) in [5, 5.41) is 6.72. The van der Waals surface area contributed by atoms with Crippen LogP contribution in [-0.4, -0.2) is 23.8 Å². The van der Waals surface area contributed by atoms with E-state index in [-0.39, 0.29) is 11.6 Å². The molecule has 1 saturated carbocycles. The number of amides is 1. The molecule has 2 rings (SSSR count). The normalized spacial score (nSPS) is 17.9. The maximum atomic E-state index is 12.1. The predicted octanol–water partition coefficient (Wildman–Crippen LogP) is 4.17. The molecule has 1 atom stereocenters. The number of alkyl carbamates (subject to hydrolysis) is 1. The summed E-state index contributed by atoms with van der Waals surface area (Å²) in [4.78, 5) is 12.1. The average Bonchev–Trinajstić information content (AvgIpc) is 2.44. The summed E-state index contributed by atoms with van der Waals surface area (Å²) in [7, 11) is 0. The lowest BCUT2D eigenvalue weighted by Gasteiger charge is -2.43. The first-order chi connectivity index (χ1) is 10.8. The predicted molar refractivity (Wildman–Crippen MR) is 93.4 cm³/mol. The molecular weight excluding hydrogens is 288 g/mol. The van der Waals surface area contributed by atoms with Crippen LogP contribution in [0.25, 0.3) is 0 Å². The molecule has 1 aromatic carbocycles. The van der Waals surface area contributed by atoms with Crippen molar-refractivity contribution in [2.45, 2.75) is 70.6 Å². The van der Waals surface area contributed by atoms with E-state index in [2.05, 4.69) is 41.8 Å². The highest BCUT2D eigenvalue weighted by atomic mass is 16.6. The highest BCUT2D eigenvalue weighted by Crippen LogP contribution is 2.32. The van der Waals surface area contributed by atoms with Crippen molar-refractivity contribution in [1.29, 1.82) is 0 Å². The van der Waals surface area contributed by atoms with Gasteiger partial charge in [-0.1, -0.05) is 37.3 Å². The molecule has 0 aromatic heterocycles. The quantitative estimate of drug-likeness (QED) is 0.827. The summed E-state index contributed by atoms with van der Waals surface area (Å²) >= 11 is 0. The van der Waals surface area contributed by atoms with Crippen molar-refractivity contribution in [3.63, 3.8) is 0 Å². The van der Waals surface area contributed by atoms with Gasteiger partial charge in [0.1, 0.15) is 5.60 Å². The van der Waals surface area contributed by atoms with Gasteiger partial charge in [0.05, 0.1) is 5.54 Å². The molecule has 4 nitrogen and oxygen atoms in total. The molecule has 0 spiro atoms. The van der Waals surface area contributed by atoms with E-state index in [1.807, 2.05) is 26.8 Å². The number of nitrogens with one attached hydrogen (secondary N) is 2. The van der Waals surface area contributed by atoms with Gasteiger partial charge in [-0.15, -0.1) is 0 Å². The number of hydrogen-bond acceptors (Lipinski definition) is 3. The van der Waals surface area contributed by atoms with Gasteiger partial charge in [-0.05, 0) is 52.0 Å². The van der Waals surface area contributed by atoms with Crippen LogP contribution in [0.15, 0.2) is 30.3 Å². The fourth-order valence-electron chi connectivity index (χ4n) is 2.97. The molecule has 1 aliphatic carbocycles. The van der Waals surface area contributed by atoms with Crippen LogP contribution < -0.4 is 10.6 Å². The van der Waals surface area contributed by atoms with E-state index in [9.17, 15) is 4.79 Å². The number of rotatable bonds is 6. The van der Waals surface area contributed by atoms with Crippen LogP contribution in [0.3, 0.4) is 0 Å². The first-order valence-corrected chi connectivity index (χ1v) is 8.63. The van der Waals surface area contributed by atoms with Crippen molar-refractivity contribution in [1.82, 2.24) is 10.6 Å². The Kier molecular flexibility index (Phi) is 5.69. The Morgan fingerprint density at radius 3 is 2.39 bits per heavy atom. The van der Waals surface area contributed by atoms with Crippen LogP contribution in [-0.2, 0) is 4.74 Å². The fourth-order valence-corrected chi connectivity index (χ4v) is 2.97. The van der Waals surface area contributed by atoms with Crippen molar-refractivity contribution >= 4 is 6.09 Å². The molecule has 2 N–H and O–H groups in total. The maximum Gasteiger partial charge on any atom is 0.408 e. The molecule has 1 amide bonds. The van der Waals surface area contributed by atoms with Gasteiger partial charge in [0.15, 0.2) is 0 Å². The van der Waals surface area contributed by atoms with Crippen molar-refractivity contribution in [2.75, 3.05) is 6.54 Å². The number of benzene rings is 1. The molecule has 1 unspecified atom stereocenters. The highest BCUT2D eigenvalue weighted by molar-refractivity contribution is 5.69. The van der Waals surface area contributed by atoms with E-state index >= 15 is 0 Å². The molecule has 23 heavy (non-hydrogen) atoms. The monoisotopic (exact) mass is 318 g/mol. The summed E-state index contributed by atoms with van der Waals surface area (Å²) in [6, 6.07) is 10.8. The molecule has 1 fully saturated rings. The van der Waals surface area contributed by atoms with Gasteiger partial charge in [0.25, 0.3) is 0 Å². The SMILES string of the molecule is CCC(NCC1(NC(=O)OC(C)(C)C)CCC1)c1ccccc1. The molecule has 0 radical (unpaired) electrons. The van der Waals surface area contributed by atoms with Crippen molar-refractivity contribution in [3.8, 4) is 0 Å². The summed E-state index contributed by atoms with van der Waals surface area (Å²) in [5.74, 6) is 0. The smallest absolute Gasteiger partial charge is 0.408 e. The second-order valence-electron chi connectivity index (χ2n) is 7.51. The molecule has 0 bridgehead atoms. The summed E-state index contributed by atoms with van der Waals surface area (Å²) in [6.45, 7) is 8.63.